The van der Waals surface area contributed by atoms with Crippen molar-refractivity contribution in [2.24, 2.45) is 0 Å². The van der Waals surface area contributed by atoms with Crippen LogP contribution >= 0.6 is 15.9 Å². The summed E-state index contributed by atoms with van der Waals surface area (Å²) in [6.45, 7) is -0.0773. The third kappa shape index (κ3) is 8.59. The first-order valence-electron chi connectivity index (χ1n) is 12.3. The zero-order valence-electron chi connectivity index (χ0n) is 22.8. The average Bonchev–Trinajstić information content (AvgIpc) is 2.98. The first-order chi connectivity index (χ1) is 20.0. The minimum Gasteiger partial charge on any atom is -0.496 e. The molecule has 0 atom stereocenters. The van der Waals surface area contributed by atoms with Crippen LogP contribution in [-0.4, -0.2) is 63.4 Å². The molecule has 10 nitrogen and oxygen atoms in total. The SMILES string of the molecule is COC(=O)c1cc(-c2c(OC)cc(OCC(=O)NCCc3ccc(NC(=O)C(F)(F)F)cc3)cc2OC)cc(CBr)n1. The van der Waals surface area contributed by atoms with Crippen molar-refractivity contribution in [1.29, 1.82) is 0 Å². The molecule has 0 spiro atoms. The number of ether oxygens (including phenoxy) is 4. The number of methoxy groups -OCH3 is 3. The summed E-state index contributed by atoms with van der Waals surface area (Å²) in [6, 6.07) is 12.3. The summed E-state index contributed by atoms with van der Waals surface area (Å²) in [4.78, 5) is 39.8. The number of esters is 1. The first-order valence-corrected chi connectivity index (χ1v) is 13.4. The number of halogens is 4. The number of nitrogens with zero attached hydrogens (tertiary/aromatic N) is 1. The van der Waals surface area contributed by atoms with Crippen molar-refractivity contribution in [2.45, 2.75) is 17.9 Å². The maximum atomic E-state index is 12.4. The quantitative estimate of drug-likeness (QED) is 0.213. The van der Waals surface area contributed by atoms with Gasteiger partial charge in [-0.3, -0.25) is 9.59 Å². The van der Waals surface area contributed by atoms with Crippen LogP contribution in [0.1, 0.15) is 21.7 Å². The van der Waals surface area contributed by atoms with E-state index >= 15 is 0 Å². The van der Waals surface area contributed by atoms with E-state index in [2.05, 4.69) is 26.2 Å². The van der Waals surface area contributed by atoms with Gasteiger partial charge in [0.2, 0.25) is 0 Å². The number of anilines is 1. The Balaban J connectivity index is 1.63. The number of alkyl halides is 4. The Morgan fingerprint density at radius 1 is 0.952 bits per heavy atom. The number of carbonyl (C=O) groups excluding carboxylic acids is 3. The number of hydrogen-bond acceptors (Lipinski definition) is 8. The zero-order chi connectivity index (χ0) is 30.9. The van der Waals surface area contributed by atoms with E-state index in [4.69, 9.17) is 18.9 Å². The lowest BCUT2D eigenvalue weighted by atomic mass is 10.0. The van der Waals surface area contributed by atoms with Gasteiger partial charge >= 0.3 is 18.1 Å². The van der Waals surface area contributed by atoms with Crippen molar-refractivity contribution < 1.29 is 46.5 Å². The van der Waals surface area contributed by atoms with Gasteiger partial charge in [-0.05, 0) is 41.8 Å². The van der Waals surface area contributed by atoms with E-state index in [1.54, 1.807) is 41.7 Å². The number of aromatic nitrogens is 1. The van der Waals surface area contributed by atoms with Crippen LogP contribution in [0.3, 0.4) is 0 Å². The second kappa shape index (κ2) is 14.5. The van der Waals surface area contributed by atoms with Crippen LogP contribution in [0.15, 0.2) is 48.5 Å². The van der Waals surface area contributed by atoms with Gasteiger partial charge in [-0.15, -0.1) is 0 Å². The second-order valence-corrected chi connectivity index (χ2v) is 9.16. The minimum atomic E-state index is -4.98. The third-order valence-electron chi connectivity index (χ3n) is 5.75. The van der Waals surface area contributed by atoms with Crippen LogP contribution in [0, 0.1) is 0 Å². The van der Waals surface area contributed by atoms with Gasteiger partial charge in [0.25, 0.3) is 5.91 Å². The lowest BCUT2D eigenvalue weighted by Crippen LogP contribution is -2.30. The van der Waals surface area contributed by atoms with Crippen molar-refractivity contribution in [3.8, 4) is 28.4 Å². The zero-order valence-corrected chi connectivity index (χ0v) is 24.4. The molecule has 1 heterocycles. The fourth-order valence-corrected chi connectivity index (χ4v) is 4.06. The molecular weight excluding hydrogens is 627 g/mol. The maximum Gasteiger partial charge on any atom is 0.471 e. The van der Waals surface area contributed by atoms with Crippen molar-refractivity contribution in [2.75, 3.05) is 39.8 Å². The molecule has 3 aromatic rings. The van der Waals surface area contributed by atoms with Crippen LogP contribution < -0.4 is 24.8 Å². The molecule has 0 radical (unpaired) electrons. The summed E-state index contributed by atoms with van der Waals surface area (Å²) in [5.41, 5.74) is 2.56. The van der Waals surface area contributed by atoms with Gasteiger partial charge in [0, 0.05) is 29.7 Å². The van der Waals surface area contributed by atoms with Crippen molar-refractivity contribution in [3.05, 3.63) is 65.5 Å². The van der Waals surface area contributed by atoms with E-state index < -0.39 is 24.0 Å². The Morgan fingerprint density at radius 3 is 2.14 bits per heavy atom. The molecule has 0 fully saturated rings. The number of carbonyl (C=O) groups is 3. The van der Waals surface area contributed by atoms with Gasteiger partial charge < -0.3 is 29.6 Å². The fraction of sp³-hybridized carbons (Fsp3) is 0.286. The average molecular weight is 654 g/mol. The smallest absolute Gasteiger partial charge is 0.471 e. The molecule has 0 saturated carbocycles. The fourth-order valence-electron chi connectivity index (χ4n) is 3.77. The topological polar surface area (TPSA) is 125 Å². The molecule has 2 N–H and O–H groups in total. The molecule has 2 amide bonds. The molecule has 0 aliphatic heterocycles. The number of benzene rings is 2. The highest BCUT2D eigenvalue weighted by atomic mass is 79.9. The molecule has 0 saturated heterocycles. The summed E-state index contributed by atoms with van der Waals surface area (Å²) in [5, 5.41) is 4.85. The lowest BCUT2D eigenvalue weighted by Gasteiger charge is -2.17. The Labute approximate surface area is 247 Å². The van der Waals surface area contributed by atoms with E-state index in [9.17, 15) is 27.6 Å². The normalized spacial score (nSPS) is 10.9. The maximum absolute atomic E-state index is 12.4. The summed E-state index contributed by atoms with van der Waals surface area (Å²) in [5.74, 6) is -2.05. The summed E-state index contributed by atoms with van der Waals surface area (Å²) in [6.07, 6.45) is -4.58. The summed E-state index contributed by atoms with van der Waals surface area (Å²) in [7, 11) is 4.18. The minimum absolute atomic E-state index is 0.00628. The number of pyridine rings is 1. The molecule has 42 heavy (non-hydrogen) atoms. The lowest BCUT2D eigenvalue weighted by molar-refractivity contribution is -0.167. The van der Waals surface area contributed by atoms with E-state index in [1.165, 1.54) is 33.5 Å². The molecule has 224 valence electrons. The van der Waals surface area contributed by atoms with E-state index in [-0.39, 0.29) is 24.5 Å². The van der Waals surface area contributed by atoms with Crippen LogP contribution in [0.2, 0.25) is 0 Å². The van der Waals surface area contributed by atoms with Gasteiger partial charge in [0.15, 0.2) is 6.61 Å². The number of rotatable bonds is 12. The van der Waals surface area contributed by atoms with E-state index in [1.807, 2.05) is 0 Å². The van der Waals surface area contributed by atoms with Crippen molar-refractivity contribution in [3.63, 3.8) is 0 Å². The summed E-state index contributed by atoms with van der Waals surface area (Å²) < 4.78 is 58.7. The number of amides is 2. The third-order valence-corrected chi connectivity index (χ3v) is 6.33. The highest BCUT2D eigenvalue weighted by Gasteiger charge is 2.38. The molecule has 2 aromatic carbocycles. The van der Waals surface area contributed by atoms with Gasteiger partial charge in [-0.25, -0.2) is 9.78 Å². The molecule has 3 rings (SSSR count). The van der Waals surface area contributed by atoms with Crippen LogP contribution in [-0.2, 0) is 26.1 Å². The largest absolute Gasteiger partial charge is 0.496 e. The standard InChI is InChI=1S/C28H27BrF3N3O7/c1-39-22-12-20(13-23(40-2)25(22)17-10-19(14-29)34-21(11-17)26(37)41-3)42-15-24(36)33-9-8-16-4-6-18(7-5-16)35-27(38)28(30,31)32/h4-7,10-13H,8-9,14-15H2,1-3H3,(H,33,36)(H,35,38). The van der Waals surface area contributed by atoms with Crippen LogP contribution in [0.25, 0.3) is 11.1 Å². The van der Waals surface area contributed by atoms with Gasteiger partial charge in [0.05, 0.1) is 32.6 Å². The molecule has 1 aromatic heterocycles. The molecular formula is C28H27BrF3N3O7. The summed E-state index contributed by atoms with van der Waals surface area (Å²) >= 11 is 3.35. The number of hydrogen-bond donors (Lipinski definition) is 2. The molecule has 0 aliphatic rings. The van der Waals surface area contributed by atoms with E-state index in [0.29, 0.717) is 45.8 Å². The predicted molar refractivity (Wildman–Crippen MR) is 150 cm³/mol. The number of nitrogens with one attached hydrogen (secondary N) is 2. The Bertz CT molecular complexity index is 1410. The van der Waals surface area contributed by atoms with Crippen molar-refractivity contribution in [1.82, 2.24) is 10.3 Å². The molecule has 0 unspecified atom stereocenters. The van der Waals surface area contributed by atoms with Gasteiger partial charge in [-0.2, -0.15) is 13.2 Å². The Kier molecular flexibility index (Phi) is 11.1. The molecule has 14 heteroatoms. The highest BCUT2D eigenvalue weighted by Crippen LogP contribution is 2.42. The predicted octanol–water partition coefficient (Wildman–Crippen LogP) is 4.69. The van der Waals surface area contributed by atoms with E-state index in [0.717, 1.165) is 5.56 Å². The second-order valence-electron chi connectivity index (χ2n) is 8.60. The highest BCUT2D eigenvalue weighted by molar-refractivity contribution is 9.08. The Hall–Kier alpha value is -4.33. The monoisotopic (exact) mass is 653 g/mol. The molecule has 0 aliphatic carbocycles. The molecule has 0 bridgehead atoms. The van der Waals surface area contributed by atoms with Crippen LogP contribution in [0.5, 0.6) is 17.2 Å². The van der Waals surface area contributed by atoms with Crippen LogP contribution in [0.4, 0.5) is 18.9 Å². The Morgan fingerprint density at radius 2 is 1.60 bits per heavy atom. The van der Waals surface area contributed by atoms with Crippen molar-refractivity contribution >= 4 is 39.4 Å². The van der Waals surface area contributed by atoms with Gasteiger partial charge in [0.1, 0.15) is 22.9 Å². The van der Waals surface area contributed by atoms with Gasteiger partial charge in [-0.1, -0.05) is 28.1 Å². The first kappa shape index (κ1) is 32.2.